The van der Waals surface area contributed by atoms with Gasteiger partial charge >= 0.3 is 5.97 Å². The van der Waals surface area contributed by atoms with E-state index in [2.05, 4.69) is 68.1 Å². The molecule has 1 N–H and O–H groups in total. The first kappa shape index (κ1) is 25.6. The molecule has 1 aromatic heterocycles. The molecule has 0 saturated carbocycles. The maximum atomic E-state index is 11.5. The SMILES string of the molecule is COC(=O)/C=C/c1ccc(-c2nc(-c3ccc(N(C)C)cc3)c(-c3ccc(N(C)C)cc3)[nH]2)c(OC)c1. The number of H-pyrrole nitrogens is 1. The minimum atomic E-state index is -0.413. The Bertz CT molecular complexity index is 1330. The van der Waals surface area contributed by atoms with Crippen LogP contribution in [0, 0.1) is 0 Å². The van der Waals surface area contributed by atoms with E-state index >= 15 is 0 Å². The molecule has 4 rings (SSSR count). The summed E-state index contributed by atoms with van der Waals surface area (Å²) in [5, 5.41) is 0. The number of benzene rings is 3. The zero-order valence-electron chi connectivity index (χ0n) is 22.1. The summed E-state index contributed by atoms with van der Waals surface area (Å²) >= 11 is 0. The van der Waals surface area contributed by atoms with Gasteiger partial charge in [-0.25, -0.2) is 9.78 Å². The van der Waals surface area contributed by atoms with Crippen LogP contribution in [0.1, 0.15) is 5.56 Å². The van der Waals surface area contributed by atoms with Crippen molar-refractivity contribution >= 4 is 23.4 Å². The average molecular weight is 497 g/mol. The van der Waals surface area contributed by atoms with Crippen LogP contribution in [-0.2, 0) is 9.53 Å². The fraction of sp³-hybridized carbons (Fsp3) is 0.200. The fourth-order valence-corrected chi connectivity index (χ4v) is 4.00. The van der Waals surface area contributed by atoms with Crippen molar-refractivity contribution in [1.82, 2.24) is 9.97 Å². The minimum absolute atomic E-state index is 0.413. The Morgan fingerprint density at radius 3 is 1.97 bits per heavy atom. The molecule has 0 aliphatic heterocycles. The predicted molar refractivity (Wildman–Crippen MR) is 151 cm³/mol. The van der Waals surface area contributed by atoms with Crippen molar-refractivity contribution in [2.75, 3.05) is 52.2 Å². The van der Waals surface area contributed by atoms with Gasteiger partial charge in [-0.05, 0) is 48.0 Å². The molecule has 0 unspecified atom stereocenters. The molecule has 7 heteroatoms. The first-order chi connectivity index (χ1) is 17.8. The van der Waals surface area contributed by atoms with Gasteiger partial charge in [0.2, 0.25) is 0 Å². The summed E-state index contributed by atoms with van der Waals surface area (Å²) in [6.45, 7) is 0. The number of nitrogens with one attached hydrogen (secondary N) is 1. The number of imidazole rings is 1. The molecule has 7 nitrogen and oxygen atoms in total. The predicted octanol–water partition coefficient (Wildman–Crippen LogP) is 5.74. The van der Waals surface area contributed by atoms with Crippen molar-refractivity contribution in [2.45, 2.75) is 0 Å². The number of rotatable bonds is 8. The lowest BCUT2D eigenvalue weighted by Gasteiger charge is -2.13. The highest BCUT2D eigenvalue weighted by atomic mass is 16.5. The highest BCUT2D eigenvalue weighted by Gasteiger charge is 2.18. The second-order valence-corrected chi connectivity index (χ2v) is 9.01. The van der Waals surface area contributed by atoms with Gasteiger partial charge in [0.05, 0.1) is 31.2 Å². The van der Waals surface area contributed by atoms with Gasteiger partial charge < -0.3 is 24.3 Å². The van der Waals surface area contributed by atoms with E-state index in [0.29, 0.717) is 11.6 Å². The molecule has 0 aliphatic carbocycles. The molecule has 0 amide bonds. The van der Waals surface area contributed by atoms with Crippen LogP contribution in [0.15, 0.2) is 72.8 Å². The molecule has 0 spiro atoms. The molecule has 0 aliphatic rings. The summed E-state index contributed by atoms with van der Waals surface area (Å²) in [4.78, 5) is 24.2. The Morgan fingerprint density at radius 1 is 0.838 bits per heavy atom. The Hall–Kier alpha value is -4.52. The zero-order chi connectivity index (χ0) is 26.5. The number of hydrogen-bond acceptors (Lipinski definition) is 6. The van der Waals surface area contributed by atoms with E-state index in [9.17, 15) is 4.79 Å². The van der Waals surface area contributed by atoms with E-state index in [1.807, 2.05) is 46.4 Å². The molecule has 0 fully saturated rings. The third-order valence-corrected chi connectivity index (χ3v) is 6.13. The Morgan fingerprint density at radius 2 is 1.43 bits per heavy atom. The number of anilines is 2. The summed E-state index contributed by atoms with van der Waals surface area (Å²) in [6.07, 6.45) is 3.07. The highest BCUT2D eigenvalue weighted by Crippen LogP contribution is 2.37. The smallest absolute Gasteiger partial charge is 0.330 e. The van der Waals surface area contributed by atoms with E-state index in [0.717, 1.165) is 45.0 Å². The van der Waals surface area contributed by atoms with Crippen molar-refractivity contribution in [1.29, 1.82) is 0 Å². The number of aromatic amines is 1. The largest absolute Gasteiger partial charge is 0.496 e. The van der Waals surface area contributed by atoms with Crippen LogP contribution in [0.3, 0.4) is 0 Å². The van der Waals surface area contributed by atoms with Gasteiger partial charge in [-0.3, -0.25) is 0 Å². The average Bonchev–Trinajstić information content (AvgIpc) is 3.36. The van der Waals surface area contributed by atoms with Crippen LogP contribution in [0.2, 0.25) is 0 Å². The number of hydrogen-bond donors (Lipinski definition) is 1. The molecule has 37 heavy (non-hydrogen) atoms. The standard InChI is InChI=1S/C30H32N4O3/c1-33(2)23-13-9-21(10-14-23)28-29(22-11-15-24(16-12-22)34(3)4)32-30(31-28)25-17-7-20(19-26(25)36-5)8-18-27(35)37-6/h7-19H,1-6H3,(H,31,32)/b18-8+. The first-order valence-corrected chi connectivity index (χ1v) is 11.9. The summed E-state index contributed by atoms with van der Waals surface area (Å²) in [5.74, 6) is 0.924. The maximum Gasteiger partial charge on any atom is 0.330 e. The number of carbonyl (C=O) groups is 1. The number of ether oxygens (including phenoxy) is 2. The molecule has 1 heterocycles. The monoisotopic (exact) mass is 496 g/mol. The summed E-state index contributed by atoms with van der Waals surface area (Å²) in [6, 6.07) is 22.5. The minimum Gasteiger partial charge on any atom is -0.496 e. The third kappa shape index (κ3) is 5.67. The molecule has 3 aromatic carbocycles. The van der Waals surface area contributed by atoms with Crippen molar-refractivity contribution in [3.05, 3.63) is 78.4 Å². The second kappa shape index (κ2) is 11.0. The van der Waals surface area contributed by atoms with E-state index in [-0.39, 0.29) is 0 Å². The third-order valence-electron chi connectivity index (χ3n) is 6.13. The summed E-state index contributed by atoms with van der Waals surface area (Å²) in [7, 11) is 11.1. The molecule has 0 bridgehead atoms. The van der Waals surface area contributed by atoms with Crippen molar-refractivity contribution in [3.63, 3.8) is 0 Å². The van der Waals surface area contributed by atoms with Crippen LogP contribution in [0.4, 0.5) is 11.4 Å². The van der Waals surface area contributed by atoms with Gasteiger partial charge in [-0.1, -0.05) is 30.3 Å². The Labute approximate surface area is 218 Å². The van der Waals surface area contributed by atoms with Crippen molar-refractivity contribution < 1.29 is 14.3 Å². The van der Waals surface area contributed by atoms with E-state index in [1.54, 1.807) is 13.2 Å². The molecule has 0 saturated heterocycles. The molecular formula is C30H32N4O3. The Kier molecular flexibility index (Phi) is 7.63. The molecule has 4 aromatic rings. The van der Waals surface area contributed by atoms with Crippen molar-refractivity contribution in [3.8, 4) is 39.7 Å². The fourth-order valence-electron chi connectivity index (χ4n) is 4.00. The lowest BCUT2D eigenvalue weighted by atomic mass is 10.0. The number of esters is 1. The summed E-state index contributed by atoms with van der Waals surface area (Å²) < 4.78 is 10.4. The number of aromatic nitrogens is 2. The first-order valence-electron chi connectivity index (χ1n) is 11.9. The van der Waals surface area contributed by atoms with Gasteiger partial charge in [0.25, 0.3) is 0 Å². The number of methoxy groups -OCH3 is 2. The lowest BCUT2D eigenvalue weighted by molar-refractivity contribution is -0.134. The maximum absolute atomic E-state index is 11.5. The second-order valence-electron chi connectivity index (χ2n) is 9.01. The van der Waals surface area contributed by atoms with Crippen molar-refractivity contribution in [2.24, 2.45) is 0 Å². The number of carbonyl (C=O) groups excluding carboxylic acids is 1. The van der Waals surface area contributed by atoms with E-state index < -0.39 is 5.97 Å². The highest BCUT2D eigenvalue weighted by molar-refractivity contribution is 5.87. The molecule has 190 valence electrons. The normalized spacial score (nSPS) is 11.0. The lowest BCUT2D eigenvalue weighted by Crippen LogP contribution is -2.08. The molecule has 0 radical (unpaired) electrons. The van der Waals surface area contributed by atoms with Gasteiger partial charge in [-0.2, -0.15) is 0 Å². The van der Waals surface area contributed by atoms with Gasteiger partial charge in [0.15, 0.2) is 0 Å². The van der Waals surface area contributed by atoms with Gasteiger partial charge in [0, 0.05) is 56.8 Å². The van der Waals surface area contributed by atoms with Crippen LogP contribution < -0.4 is 14.5 Å². The van der Waals surface area contributed by atoms with Crippen LogP contribution in [-0.4, -0.2) is 58.3 Å². The topological polar surface area (TPSA) is 70.7 Å². The summed E-state index contributed by atoms with van der Waals surface area (Å²) in [5.41, 5.74) is 7.70. The molecule has 0 atom stereocenters. The quantitative estimate of drug-likeness (QED) is 0.248. The van der Waals surface area contributed by atoms with Gasteiger partial charge in [0.1, 0.15) is 11.6 Å². The number of nitrogens with zero attached hydrogens (tertiary/aromatic N) is 3. The van der Waals surface area contributed by atoms with Crippen LogP contribution in [0.25, 0.3) is 40.0 Å². The van der Waals surface area contributed by atoms with Crippen LogP contribution >= 0.6 is 0 Å². The van der Waals surface area contributed by atoms with Crippen LogP contribution in [0.5, 0.6) is 5.75 Å². The molecular weight excluding hydrogens is 464 g/mol. The van der Waals surface area contributed by atoms with Gasteiger partial charge in [-0.15, -0.1) is 0 Å². The van der Waals surface area contributed by atoms with E-state index in [1.165, 1.54) is 13.2 Å². The zero-order valence-corrected chi connectivity index (χ0v) is 22.1. The Balaban J connectivity index is 1.81. The van der Waals surface area contributed by atoms with E-state index in [4.69, 9.17) is 9.72 Å².